The Hall–Kier alpha value is -0.810. The first-order valence-electron chi connectivity index (χ1n) is 5.26. The molecular weight excluding hydrogens is 254 g/mol. The third-order valence-corrected chi connectivity index (χ3v) is 3.85. The Bertz CT molecular complexity index is 403. The molecule has 1 N–H and O–H groups in total. The van der Waals surface area contributed by atoms with E-state index in [0.717, 1.165) is 10.5 Å². The van der Waals surface area contributed by atoms with E-state index in [4.69, 9.17) is 0 Å². The summed E-state index contributed by atoms with van der Waals surface area (Å²) in [4.78, 5) is 12.2. The number of hydrogen-bond acceptors (Lipinski definition) is 3. The number of rotatable bonds is 5. The highest BCUT2D eigenvalue weighted by Gasteiger charge is 2.09. The summed E-state index contributed by atoms with van der Waals surface area (Å²) in [5.74, 6) is 0.509. The molecular formula is C12H17NO2S2. The summed E-state index contributed by atoms with van der Waals surface area (Å²) in [6.07, 6.45) is 3.55. The third-order valence-electron chi connectivity index (χ3n) is 2.36. The second-order valence-corrected chi connectivity index (χ2v) is 5.99. The van der Waals surface area contributed by atoms with E-state index in [1.165, 1.54) is 11.8 Å². The fraction of sp³-hybridized carbons (Fsp3) is 0.417. The average Bonchev–Trinajstić information content (AvgIpc) is 2.29. The van der Waals surface area contributed by atoms with Crippen molar-refractivity contribution >= 4 is 28.5 Å². The normalized spacial score (nSPS) is 14.1. The molecule has 0 saturated heterocycles. The SMILES string of the molecule is CSCC(=O)N[C@H](C)c1ccc([S@@](C)=O)cc1. The molecule has 17 heavy (non-hydrogen) atoms. The van der Waals surface area contributed by atoms with Gasteiger partial charge < -0.3 is 5.32 Å². The van der Waals surface area contributed by atoms with Gasteiger partial charge in [-0.1, -0.05) is 12.1 Å². The number of carbonyl (C=O) groups excluding carboxylic acids is 1. The fourth-order valence-corrected chi connectivity index (χ4v) is 2.31. The topological polar surface area (TPSA) is 46.2 Å². The van der Waals surface area contributed by atoms with Crippen molar-refractivity contribution in [3.05, 3.63) is 29.8 Å². The molecule has 0 radical (unpaired) electrons. The third kappa shape index (κ3) is 4.52. The molecule has 2 atom stereocenters. The van der Waals surface area contributed by atoms with E-state index >= 15 is 0 Å². The first kappa shape index (κ1) is 14.3. The lowest BCUT2D eigenvalue weighted by molar-refractivity contribution is -0.119. The van der Waals surface area contributed by atoms with Gasteiger partial charge in [-0.25, -0.2) is 0 Å². The molecule has 0 saturated carbocycles. The Balaban J connectivity index is 2.66. The van der Waals surface area contributed by atoms with Gasteiger partial charge in [0.2, 0.25) is 5.91 Å². The monoisotopic (exact) mass is 271 g/mol. The van der Waals surface area contributed by atoms with Gasteiger partial charge in [-0.3, -0.25) is 9.00 Å². The van der Waals surface area contributed by atoms with E-state index in [0.29, 0.717) is 5.75 Å². The van der Waals surface area contributed by atoms with Crippen molar-refractivity contribution in [2.75, 3.05) is 18.3 Å². The minimum Gasteiger partial charge on any atom is -0.349 e. The molecule has 0 unspecified atom stereocenters. The Morgan fingerprint density at radius 3 is 2.47 bits per heavy atom. The van der Waals surface area contributed by atoms with E-state index in [1.54, 1.807) is 6.26 Å². The molecule has 0 bridgehead atoms. The Labute approximate surface area is 109 Å². The lowest BCUT2D eigenvalue weighted by Crippen LogP contribution is -2.28. The van der Waals surface area contributed by atoms with E-state index in [2.05, 4.69) is 5.32 Å². The van der Waals surface area contributed by atoms with Crippen LogP contribution in [-0.4, -0.2) is 28.4 Å². The maximum absolute atomic E-state index is 11.4. The molecule has 94 valence electrons. The smallest absolute Gasteiger partial charge is 0.230 e. The Morgan fingerprint density at radius 2 is 2.00 bits per heavy atom. The summed E-state index contributed by atoms with van der Waals surface area (Å²) in [5, 5.41) is 2.91. The molecule has 0 aliphatic rings. The maximum Gasteiger partial charge on any atom is 0.230 e. The van der Waals surface area contributed by atoms with Gasteiger partial charge in [0.1, 0.15) is 0 Å². The molecule has 0 fully saturated rings. The summed E-state index contributed by atoms with van der Waals surface area (Å²) in [6.45, 7) is 1.94. The first-order chi connectivity index (χ1) is 8.04. The molecule has 1 aromatic carbocycles. The van der Waals surface area contributed by atoms with E-state index in [9.17, 15) is 9.00 Å². The predicted octanol–water partition coefficient (Wildman–Crippen LogP) is 1.96. The fourth-order valence-electron chi connectivity index (χ4n) is 1.45. The summed E-state index contributed by atoms with van der Waals surface area (Å²) in [5.41, 5.74) is 1.02. The lowest BCUT2D eigenvalue weighted by atomic mass is 10.1. The lowest BCUT2D eigenvalue weighted by Gasteiger charge is -2.14. The zero-order valence-electron chi connectivity index (χ0n) is 10.2. The number of thioether (sulfide) groups is 1. The van der Waals surface area contributed by atoms with Gasteiger partial charge in [0.05, 0.1) is 11.8 Å². The van der Waals surface area contributed by atoms with E-state index in [-0.39, 0.29) is 11.9 Å². The van der Waals surface area contributed by atoms with Crippen molar-refractivity contribution in [2.45, 2.75) is 17.9 Å². The minimum atomic E-state index is -0.955. The van der Waals surface area contributed by atoms with Crippen LogP contribution in [0.3, 0.4) is 0 Å². The zero-order valence-corrected chi connectivity index (χ0v) is 11.9. The van der Waals surface area contributed by atoms with Crippen LogP contribution in [0.4, 0.5) is 0 Å². The predicted molar refractivity (Wildman–Crippen MR) is 73.7 cm³/mol. The summed E-state index contributed by atoms with van der Waals surface area (Å²) >= 11 is 1.50. The Morgan fingerprint density at radius 1 is 1.41 bits per heavy atom. The van der Waals surface area contributed by atoms with Crippen molar-refractivity contribution in [3.63, 3.8) is 0 Å². The van der Waals surface area contributed by atoms with E-state index < -0.39 is 10.8 Å². The average molecular weight is 271 g/mol. The van der Waals surface area contributed by atoms with Crippen LogP contribution in [0.25, 0.3) is 0 Å². The van der Waals surface area contributed by atoms with Crippen LogP contribution in [-0.2, 0) is 15.6 Å². The highest BCUT2D eigenvalue weighted by atomic mass is 32.2. The highest BCUT2D eigenvalue weighted by Crippen LogP contribution is 2.15. The molecule has 0 aromatic heterocycles. The summed E-state index contributed by atoms with van der Waals surface area (Å²) in [7, 11) is -0.955. The second kappa shape index (κ2) is 6.81. The number of nitrogens with one attached hydrogen (secondary N) is 1. The summed E-state index contributed by atoms with van der Waals surface area (Å²) in [6, 6.07) is 7.46. The van der Waals surface area contributed by atoms with Crippen molar-refractivity contribution in [1.29, 1.82) is 0 Å². The second-order valence-electron chi connectivity index (χ2n) is 3.75. The van der Waals surface area contributed by atoms with Gasteiger partial charge in [-0.05, 0) is 30.9 Å². The van der Waals surface area contributed by atoms with E-state index in [1.807, 2.05) is 37.4 Å². The van der Waals surface area contributed by atoms with Gasteiger partial charge in [0, 0.05) is 22.0 Å². The van der Waals surface area contributed by atoms with Crippen LogP contribution < -0.4 is 5.32 Å². The standard InChI is InChI=1S/C12H17NO2S2/c1-9(13-12(14)8-16-2)10-4-6-11(7-5-10)17(3)15/h4-7,9H,8H2,1-3H3,(H,13,14)/t9-,17-/m1/s1. The number of benzene rings is 1. The minimum absolute atomic E-state index is 0.0195. The van der Waals surface area contributed by atoms with Crippen LogP contribution in [0.1, 0.15) is 18.5 Å². The van der Waals surface area contributed by atoms with Crippen LogP contribution in [0.15, 0.2) is 29.2 Å². The van der Waals surface area contributed by atoms with Crippen molar-refractivity contribution in [2.24, 2.45) is 0 Å². The number of hydrogen-bond donors (Lipinski definition) is 1. The molecule has 0 heterocycles. The Kier molecular flexibility index (Phi) is 5.71. The first-order valence-corrected chi connectivity index (χ1v) is 8.21. The largest absolute Gasteiger partial charge is 0.349 e. The van der Waals surface area contributed by atoms with Crippen LogP contribution in [0.5, 0.6) is 0 Å². The van der Waals surface area contributed by atoms with Crippen LogP contribution in [0.2, 0.25) is 0 Å². The maximum atomic E-state index is 11.4. The quantitative estimate of drug-likeness (QED) is 0.890. The van der Waals surface area contributed by atoms with Gasteiger partial charge in [0.15, 0.2) is 0 Å². The van der Waals surface area contributed by atoms with Gasteiger partial charge in [0.25, 0.3) is 0 Å². The van der Waals surface area contributed by atoms with Gasteiger partial charge >= 0.3 is 0 Å². The van der Waals surface area contributed by atoms with Gasteiger partial charge in [-0.15, -0.1) is 0 Å². The number of amides is 1. The van der Waals surface area contributed by atoms with Gasteiger partial charge in [-0.2, -0.15) is 11.8 Å². The highest BCUT2D eigenvalue weighted by molar-refractivity contribution is 7.99. The summed E-state index contributed by atoms with van der Waals surface area (Å²) < 4.78 is 11.2. The molecule has 0 aliphatic heterocycles. The molecule has 0 spiro atoms. The molecule has 3 nitrogen and oxygen atoms in total. The van der Waals surface area contributed by atoms with Crippen LogP contribution in [0, 0.1) is 0 Å². The molecule has 1 rings (SSSR count). The van der Waals surface area contributed by atoms with Crippen LogP contribution >= 0.6 is 11.8 Å². The molecule has 1 aromatic rings. The molecule has 1 amide bonds. The van der Waals surface area contributed by atoms with Crippen molar-refractivity contribution in [1.82, 2.24) is 5.32 Å². The number of carbonyl (C=O) groups is 1. The van der Waals surface area contributed by atoms with Crippen molar-refractivity contribution in [3.8, 4) is 0 Å². The van der Waals surface area contributed by atoms with Crippen molar-refractivity contribution < 1.29 is 9.00 Å². The molecule has 5 heteroatoms. The molecule has 0 aliphatic carbocycles. The zero-order chi connectivity index (χ0) is 12.8.